The molecule has 1 aromatic carbocycles. The van der Waals surface area contributed by atoms with Gasteiger partial charge in [0.25, 0.3) is 0 Å². The van der Waals surface area contributed by atoms with Gasteiger partial charge in [0.1, 0.15) is 0 Å². The van der Waals surface area contributed by atoms with Gasteiger partial charge in [-0.15, -0.1) is 0 Å². The number of aliphatic imine (C=N–C) groups is 1. The van der Waals surface area contributed by atoms with Crippen molar-refractivity contribution in [3.05, 3.63) is 28.8 Å². The molecule has 0 spiro atoms. The van der Waals surface area contributed by atoms with Gasteiger partial charge < -0.3 is 5.11 Å². The maximum absolute atomic E-state index is 10.5. The summed E-state index contributed by atoms with van der Waals surface area (Å²) in [6.07, 6.45) is 0. The topological polar surface area (TPSA) is 49.7 Å². The number of thiocarbonyl (C=S) groups is 3. The quantitative estimate of drug-likeness (QED) is 0.663. The van der Waals surface area contributed by atoms with Crippen molar-refractivity contribution >= 4 is 69.4 Å². The number of carboxylic acid groups (broad SMARTS) is 1. The van der Waals surface area contributed by atoms with Crippen molar-refractivity contribution in [2.75, 3.05) is 0 Å². The van der Waals surface area contributed by atoms with E-state index in [0.29, 0.717) is 5.69 Å². The Morgan fingerprint density at radius 1 is 1.38 bits per heavy atom. The van der Waals surface area contributed by atoms with E-state index < -0.39 is 5.97 Å². The van der Waals surface area contributed by atoms with Gasteiger partial charge in [0, 0.05) is 4.31 Å². The molecule has 0 aromatic heterocycles. The fourth-order valence-electron chi connectivity index (χ4n) is 0.800. The summed E-state index contributed by atoms with van der Waals surface area (Å²) in [4.78, 5) is 14.2. The SMILES string of the molecule is O=C(O)c1ccc(N=C=S)cc1Cl.S=C=S. The van der Waals surface area contributed by atoms with E-state index in [0.717, 1.165) is 0 Å². The molecule has 0 aliphatic rings. The van der Waals surface area contributed by atoms with E-state index in [1.807, 2.05) is 4.31 Å². The first kappa shape index (κ1) is 15.0. The lowest BCUT2D eigenvalue weighted by Crippen LogP contribution is -1.96. The van der Waals surface area contributed by atoms with Crippen molar-refractivity contribution < 1.29 is 9.90 Å². The Kier molecular flexibility index (Phi) is 7.68. The molecule has 1 aromatic rings. The fraction of sp³-hybridized carbons (Fsp3) is 0. The zero-order chi connectivity index (χ0) is 12.6. The Hall–Kier alpha value is -1.000. The zero-order valence-corrected chi connectivity index (χ0v) is 10.8. The van der Waals surface area contributed by atoms with Crippen LogP contribution in [0.3, 0.4) is 0 Å². The predicted octanol–water partition coefficient (Wildman–Crippen LogP) is 3.79. The third-order valence-electron chi connectivity index (χ3n) is 1.36. The van der Waals surface area contributed by atoms with Crippen LogP contribution < -0.4 is 0 Å². The summed E-state index contributed by atoms with van der Waals surface area (Å²) in [6, 6.07) is 4.30. The average molecular weight is 290 g/mol. The fourth-order valence-corrected chi connectivity index (χ4v) is 1.16. The Labute approximate surface area is 113 Å². The number of aromatic carboxylic acids is 1. The van der Waals surface area contributed by atoms with Crippen LogP contribution >= 0.6 is 48.3 Å². The summed E-state index contributed by atoms with van der Waals surface area (Å²) in [5.74, 6) is -1.07. The molecule has 3 nitrogen and oxygen atoms in total. The summed E-state index contributed by atoms with van der Waals surface area (Å²) < 4.78 is 1.92. The van der Waals surface area contributed by atoms with Crippen molar-refractivity contribution in [3.8, 4) is 0 Å². The van der Waals surface area contributed by atoms with Gasteiger partial charge in [-0.2, -0.15) is 4.99 Å². The number of nitrogens with zero attached hydrogens (tertiary/aromatic N) is 1. The van der Waals surface area contributed by atoms with Crippen LogP contribution in [0.2, 0.25) is 5.02 Å². The molecule has 0 bridgehead atoms. The molecule has 0 aliphatic heterocycles. The Balaban J connectivity index is 0.000000673. The standard InChI is InChI=1S/C8H4ClNO2S.CS2/c9-7-3-5(10-4-13)1-2-6(7)8(11)12;2-1-3/h1-3H,(H,11,12);. The molecule has 0 heterocycles. The van der Waals surface area contributed by atoms with Crippen LogP contribution in [0.5, 0.6) is 0 Å². The smallest absolute Gasteiger partial charge is 0.337 e. The van der Waals surface area contributed by atoms with Crippen LogP contribution in [-0.2, 0) is 0 Å². The predicted molar refractivity (Wildman–Crippen MR) is 73.3 cm³/mol. The van der Waals surface area contributed by atoms with E-state index >= 15 is 0 Å². The molecule has 1 N–H and O–H groups in total. The first-order chi connectivity index (χ1) is 7.56. The molecule has 1 rings (SSSR count). The van der Waals surface area contributed by atoms with Crippen molar-refractivity contribution in [1.82, 2.24) is 0 Å². The number of carbonyl (C=O) groups is 1. The van der Waals surface area contributed by atoms with Crippen LogP contribution in [0.4, 0.5) is 5.69 Å². The Bertz CT molecular complexity index is 478. The lowest BCUT2D eigenvalue weighted by Gasteiger charge is -1.97. The van der Waals surface area contributed by atoms with Crippen molar-refractivity contribution in [2.45, 2.75) is 0 Å². The number of halogens is 1. The highest BCUT2D eigenvalue weighted by molar-refractivity contribution is 7.93. The molecule has 82 valence electrons. The van der Waals surface area contributed by atoms with E-state index in [1.54, 1.807) is 0 Å². The van der Waals surface area contributed by atoms with Gasteiger partial charge in [0.2, 0.25) is 0 Å². The maximum Gasteiger partial charge on any atom is 0.337 e. The number of hydrogen-bond donors (Lipinski definition) is 1. The van der Waals surface area contributed by atoms with Crippen LogP contribution in [0.1, 0.15) is 10.4 Å². The van der Waals surface area contributed by atoms with Gasteiger partial charge in [-0.3, -0.25) is 0 Å². The molecule has 0 aliphatic carbocycles. The Morgan fingerprint density at radius 2 is 1.94 bits per heavy atom. The number of isothiocyanates is 1. The molecule has 0 radical (unpaired) electrons. The van der Waals surface area contributed by atoms with Crippen LogP contribution in [0.25, 0.3) is 0 Å². The highest BCUT2D eigenvalue weighted by Crippen LogP contribution is 2.22. The third-order valence-corrected chi connectivity index (χ3v) is 1.76. The van der Waals surface area contributed by atoms with Gasteiger partial charge in [-0.1, -0.05) is 11.6 Å². The highest BCUT2D eigenvalue weighted by atomic mass is 35.5. The molecule has 0 atom stereocenters. The summed E-state index contributed by atoms with van der Waals surface area (Å²) in [6.45, 7) is 0. The lowest BCUT2D eigenvalue weighted by molar-refractivity contribution is 0.0697. The van der Waals surface area contributed by atoms with E-state index in [4.69, 9.17) is 16.7 Å². The number of rotatable bonds is 2. The second-order valence-corrected chi connectivity index (χ2v) is 3.51. The largest absolute Gasteiger partial charge is 0.478 e. The molecule has 0 fully saturated rings. The molecular formula is C9H4ClNO2S3. The third kappa shape index (κ3) is 5.19. The van der Waals surface area contributed by atoms with Crippen LogP contribution in [0.15, 0.2) is 23.2 Å². The van der Waals surface area contributed by atoms with E-state index in [2.05, 4.69) is 46.8 Å². The minimum absolute atomic E-state index is 0.0463. The molecule has 0 saturated heterocycles. The minimum atomic E-state index is -1.07. The van der Waals surface area contributed by atoms with Gasteiger partial charge in [-0.25, -0.2) is 4.79 Å². The van der Waals surface area contributed by atoms with Crippen molar-refractivity contribution in [1.29, 1.82) is 0 Å². The number of benzene rings is 1. The van der Waals surface area contributed by atoms with Crippen molar-refractivity contribution in [2.24, 2.45) is 4.99 Å². The van der Waals surface area contributed by atoms with E-state index in [9.17, 15) is 4.79 Å². The zero-order valence-electron chi connectivity index (χ0n) is 7.64. The normalized spacial score (nSPS) is 7.81. The average Bonchev–Trinajstić information content (AvgIpc) is 2.18. The lowest BCUT2D eigenvalue weighted by atomic mass is 10.2. The van der Waals surface area contributed by atoms with Gasteiger partial charge in [0.05, 0.1) is 21.4 Å². The maximum atomic E-state index is 10.5. The molecule has 0 amide bonds. The van der Waals surface area contributed by atoms with E-state index in [1.165, 1.54) is 18.2 Å². The Morgan fingerprint density at radius 3 is 2.31 bits per heavy atom. The molecule has 0 unspecified atom stereocenters. The van der Waals surface area contributed by atoms with Gasteiger partial charge in [-0.05, 0) is 54.9 Å². The molecular weight excluding hydrogens is 286 g/mol. The summed E-state index contributed by atoms with van der Waals surface area (Å²) in [5, 5.41) is 10.9. The summed E-state index contributed by atoms with van der Waals surface area (Å²) in [7, 11) is 0. The first-order valence-electron chi connectivity index (χ1n) is 3.66. The summed E-state index contributed by atoms with van der Waals surface area (Å²) in [5.41, 5.74) is 0.537. The minimum Gasteiger partial charge on any atom is -0.478 e. The second kappa shape index (κ2) is 8.19. The van der Waals surface area contributed by atoms with Gasteiger partial charge in [0.15, 0.2) is 0 Å². The van der Waals surface area contributed by atoms with Crippen LogP contribution in [0, 0.1) is 0 Å². The van der Waals surface area contributed by atoms with Gasteiger partial charge >= 0.3 is 5.97 Å². The van der Waals surface area contributed by atoms with Crippen molar-refractivity contribution in [3.63, 3.8) is 0 Å². The van der Waals surface area contributed by atoms with E-state index in [-0.39, 0.29) is 10.6 Å². The highest BCUT2D eigenvalue weighted by Gasteiger charge is 2.07. The summed E-state index contributed by atoms with van der Waals surface area (Å²) >= 11 is 18.0. The monoisotopic (exact) mass is 289 g/mol. The molecule has 7 heteroatoms. The second-order valence-electron chi connectivity index (χ2n) is 2.26. The number of carboxylic acids is 1. The first-order valence-corrected chi connectivity index (χ1v) is 5.27. The number of hydrogen-bond acceptors (Lipinski definition) is 5. The molecule has 0 saturated carbocycles. The van der Waals surface area contributed by atoms with Crippen LogP contribution in [-0.4, -0.2) is 20.6 Å². The molecule has 16 heavy (non-hydrogen) atoms.